The van der Waals surface area contributed by atoms with Crippen LogP contribution in [0.1, 0.15) is 39.9 Å². The second-order valence-corrected chi connectivity index (χ2v) is 8.07. The van der Waals surface area contributed by atoms with Gasteiger partial charge in [-0.15, -0.1) is 0 Å². The summed E-state index contributed by atoms with van der Waals surface area (Å²) in [7, 11) is 0. The van der Waals surface area contributed by atoms with Crippen LogP contribution in [0.2, 0.25) is 5.02 Å². The lowest BCUT2D eigenvalue weighted by Gasteiger charge is -2.32. The maximum Gasteiger partial charge on any atom is 0.260 e. The molecule has 1 N–H and O–H groups in total. The zero-order valence-corrected chi connectivity index (χ0v) is 18.2. The minimum atomic E-state index is -0.647. The van der Waals surface area contributed by atoms with E-state index in [0.717, 1.165) is 22.4 Å². The Labute approximate surface area is 181 Å². The van der Waals surface area contributed by atoms with Gasteiger partial charge in [0.1, 0.15) is 11.6 Å². The lowest BCUT2D eigenvalue weighted by Crippen LogP contribution is -2.47. The van der Waals surface area contributed by atoms with E-state index in [1.54, 1.807) is 4.90 Å². The highest BCUT2D eigenvalue weighted by Gasteiger charge is 2.26. The lowest BCUT2D eigenvalue weighted by molar-refractivity contribution is -0.134. The Hall–Kier alpha value is -2.60. The highest BCUT2D eigenvalue weighted by Crippen LogP contribution is 2.26. The van der Waals surface area contributed by atoms with E-state index < -0.39 is 11.7 Å². The summed E-state index contributed by atoms with van der Waals surface area (Å²) < 4.78 is 19.7. The van der Waals surface area contributed by atoms with E-state index in [0.29, 0.717) is 25.9 Å². The smallest absolute Gasteiger partial charge is 0.260 e. The molecule has 0 saturated carbocycles. The molecule has 1 aliphatic rings. The van der Waals surface area contributed by atoms with E-state index in [9.17, 15) is 14.0 Å². The van der Waals surface area contributed by atoms with Crippen molar-refractivity contribution in [2.45, 2.75) is 39.7 Å². The Balaban J connectivity index is 1.51. The average molecular weight is 433 g/mol. The molecule has 0 aromatic heterocycles. The van der Waals surface area contributed by atoms with E-state index >= 15 is 0 Å². The first-order valence-electron chi connectivity index (χ1n) is 10.00. The summed E-state index contributed by atoms with van der Waals surface area (Å²) in [5, 5.41) is 2.91. The predicted octanol–water partition coefficient (Wildman–Crippen LogP) is 4.20. The Kier molecular flexibility index (Phi) is 6.98. The van der Waals surface area contributed by atoms with Gasteiger partial charge in [-0.1, -0.05) is 29.8 Å². The van der Waals surface area contributed by atoms with Crippen LogP contribution >= 0.6 is 11.6 Å². The first-order valence-corrected chi connectivity index (χ1v) is 10.4. The van der Waals surface area contributed by atoms with Gasteiger partial charge in [-0.05, 0) is 62.4 Å². The number of carbonyl (C=O) groups is 2. The number of nitrogens with zero attached hydrogens (tertiary/aromatic N) is 1. The molecule has 2 amide bonds. The molecule has 30 heavy (non-hydrogen) atoms. The summed E-state index contributed by atoms with van der Waals surface area (Å²) in [6.45, 7) is 6.94. The van der Waals surface area contributed by atoms with Crippen molar-refractivity contribution in [3.05, 3.63) is 63.4 Å². The molecular formula is C23H26ClFN2O3. The second kappa shape index (κ2) is 9.47. The fraction of sp³-hybridized carbons (Fsp3) is 0.391. The fourth-order valence-electron chi connectivity index (χ4n) is 3.62. The van der Waals surface area contributed by atoms with Crippen molar-refractivity contribution in [3.8, 4) is 5.75 Å². The van der Waals surface area contributed by atoms with Crippen LogP contribution in [0.15, 0.2) is 30.3 Å². The summed E-state index contributed by atoms with van der Waals surface area (Å²) in [4.78, 5) is 26.7. The van der Waals surface area contributed by atoms with Crippen molar-refractivity contribution in [3.63, 3.8) is 0 Å². The van der Waals surface area contributed by atoms with Crippen LogP contribution in [0.3, 0.4) is 0 Å². The highest BCUT2D eigenvalue weighted by molar-refractivity contribution is 6.33. The normalized spacial score (nSPS) is 14.5. The van der Waals surface area contributed by atoms with Crippen LogP contribution in [-0.2, 0) is 4.79 Å². The van der Waals surface area contributed by atoms with Crippen LogP contribution in [0.5, 0.6) is 5.75 Å². The Morgan fingerprint density at radius 2 is 1.80 bits per heavy atom. The molecule has 1 fully saturated rings. The summed E-state index contributed by atoms with van der Waals surface area (Å²) in [6.07, 6.45) is 1.18. The molecule has 1 heterocycles. The monoisotopic (exact) mass is 432 g/mol. The second-order valence-electron chi connectivity index (χ2n) is 7.67. The van der Waals surface area contributed by atoms with E-state index in [2.05, 4.69) is 5.32 Å². The molecule has 7 heteroatoms. The molecule has 0 spiro atoms. The highest BCUT2D eigenvalue weighted by atomic mass is 35.5. The molecule has 3 rings (SSSR count). The van der Waals surface area contributed by atoms with Crippen LogP contribution < -0.4 is 10.1 Å². The van der Waals surface area contributed by atoms with E-state index in [-0.39, 0.29) is 29.1 Å². The third kappa shape index (κ3) is 4.93. The summed E-state index contributed by atoms with van der Waals surface area (Å²) in [6, 6.07) is 8.03. The molecule has 1 saturated heterocycles. The number of rotatable bonds is 5. The topological polar surface area (TPSA) is 58.6 Å². The standard InChI is InChI=1S/C23H26ClFN2O3/c1-14-7-8-15(2)22(16(14)3)30-13-20(28)27-11-9-17(10-12-27)26-23(29)21-18(24)5-4-6-19(21)25/h4-8,17H,9-13H2,1-3H3,(H,26,29). The third-order valence-electron chi connectivity index (χ3n) is 5.59. The van der Waals surface area contributed by atoms with E-state index in [1.165, 1.54) is 18.2 Å². The van der Waals surface area contributed by atoms with E-state index in [4.69, 9.17) is 16.3 Å². The average Bonchev–Trinajstić information content (AvgIpc) is 2.71. The molecule has 0 atom stereocenters. The Bertz CT molecular complexity index is 935. The van der Waals surface area contributed by atoms with Gasteiger partial charge < -0.3 is 15.0 Å². The molecule has 0 unspecified atom stereocenters. The molecule has 5 nitrogen and oxygen atoms in total. The fourth-order valence-corrected chi connectivity index (χ4v) is 3.87. The number of halogens is 2. The first kappa shape index (κ1) is 22.1. The molecule has 160 valence electrons. The van der Waals surface area contributed by atoms with Crippen molar-refractivity contribution in [1.82, 2.24) is 10.2 Å². The Morgan fingerprint density at radius 1 is 1.13 bits per heavy atom. The number of hydrogen-bond donors (Lipinski definition) is 1. The number of aryl methyl sites for hydroxylation is 2. The third-order valence-corrected chi connectivity index (χ3v) is 5.90. The zero-order valence-electron chi connectivity index (χ0n) is 17.4. The number of piperidine rings is 1. The van der Waals surface area contributed by atoms with E-state index in [1.807, 2.05) is 32.9 Å². The predicted molar refractivity (Wildman–Crippen MR) is 115 cm³/mol. The quantitative estimate of drug-likeness (QED) is 0.770. The zero-order chi connectivity index (χ0) is 21.8. The minimum absolute atomic E-state index is 0.0208. The molecular weight excluding hydrogens is 407 g/mol. The molecule has 2 aromatic rings. The van der Waals surface area contributed by atoms with Gasteiger partial charge in [-0.2, -0.15) is 0 Å². The van der Waals surface area contributed by atoms with Crippen molar-refractivity contribution >= 4 is 23.4 Å². The molecule has 0 aliphatic carbocycles. The van der Waals surface area contributed by atoms with Gasteiger partial charge >= 0.3 is 0 Å². The number of hydrogen-bond acceptors (Lipinski definition) is 3. The molecule has 2 aromatic carbocycles. The number of ether oxygens (including phenoxy) is 1. The molecule has 1 aliphatic heterocycles. The van der Waals surface area contributed by atoms with Gasteiger partial charge in [0.05, 0.1) is 10.6 Å². The van der Waals surface area contributed by atoms with Crippen LogP contribution in [0.25, 0.3) is 0 Å². The minimum Gasteiger partial charge on any atom is -0.483 e. The Morgan fingerprint density at radius 3 is 2.47 bits per heavy atom. The summed E-state index contributed by atoms with van der Waals surface area (Å²) in [5.41, 5.74) is 3.01. The van der Waals surface area contributed by atoms with Gasteiger partial charge in [-0.3, -0.25) is 9.59 Å². The molecule has 0 radical (unpaired) electrons. The number of benzene rings is 2. The number of amides is 2. The van der Waals surface area contributed by atoms with Crippen LogP contribution in [0.4, 0.5) is 4.39 Å². The number of likely N-dealkylation sites (tertiary alicyclic amines) is 1. The maximum absolute atomic E-state index is 13.9. The first-order chi connectivity index (χ1) is 14.3. The van der Waals surface area contributed by atoms with Gasteiger partial charge in [0.15, 0.2) is 6.61 Å². The van der Waals surface area contributed by atoms with Crippen molar-refractivity contribution in [2.24, 2.45) is 0 Å². The SMILES string of the molecule is Cc1ccc(C)c(OCC(=O)N2CCC(NC(=O)c3c(F)cccc3Cl)CC2)c1C. The number of nitrogens with one attached hydrogen (secondary N) is 1. The maximum atomic E-state index is 13.9. The van der Waals surface area contributed by atoms with Crippen molar-refractivity contribution in [2.75, 3.05) is 19.7 Å². The van der Waals surface area contributed by atoms with Crippen LogP contribution in [-0.4, -0.2) is 42.5 Å². The van der Waals surface area contributed by atoms with Gasteiger partial charge in [-0.25, -0.2) is 4.39 Å². The summed E-state index contributed by atoms with van der Waals surface area (Å²) in [5.74, 6) is -0.507. The lowest BCUT2D eigenvalue weighted by atomic mass is 10.0. The number of carbonyl (C=O) groups excluding carboxylic acids is 2. The van der Waals surface area contributed by atoms with Gasteiger partial charge in [0.2, 0.25) is 0 Å². The van der Waals surface area contributed by atoms with Gasteiger partial charge in [0, 0.05) is 19.1 Å². The van der Waals surface area contributed by atoms with Crippen molar-refractivity contribution < 1.29 is 18.7 Å². The summed E-state index contributed by atoms with van der Waals surface area (Å²) >= 11 is 5.96. The molecule has 0 bridgehead atoms. The van der Waals surface area contributed by atoms with Crippen molar-refractivity contribution in [1.29, 1.82) is 0 Å². The van der Waals surface area contributed by atoms with Gasteiger partial charge in [0.25, 0.3) is 11.8 Å². The van der Waals surface area contributed by atoms with Crippen LogP contribution in [0, 0.1) is 26.6 Å². The largest absolute Gasteiger partial charge is 0.483 e.